The molecule has 0 saturated carbocycles. The number of alkyl carbamates (subject to hydrolysis) is 1. The quantitative estimate of drug-likeness (QED) is 0.0152. The van der Waals surface area contributed by atoms with E-state index in [1.807, 2.05) is 0 Å². The Kier molecular flexibility index (Phi) is 38.1. The van der Waals surface area contributed by atoms with Crippen LogP contribution in [0.1, 0.15) is 0 Å². The molecule has 1 atom stereocenters. The Morgan fingerprint density at radius 3 is 2.14 bits per heavy atom. The maximum absolute atomic E-state index is 12.0. The number of rotatable bonds is 31. The molecule has 2 amide bonds. The van der Waals surface area contributed by atoms with Gasteiger partial charge in [0.2, 0.25) is 11.9 Å². The number of aliphatic hydroxyl groups excluding tert-OH is 2. The Hall–Kier alpha value is 0.870. The normalized spacial score (nSPS) is 12.2. The van der Waals surface area contributed by atoms with Gasteiger partial charge in [0, 0.05) is 50.4 Å². The molecule has 0 aromatic carbocycles. The van der Waals surface area contributed by atoms with Gasteiger partial charge >= 0.3 is 6.09 Å². The number of nitrogens with one attached hydrogen (secondary N) is 2. The Labute approximate surface area is 292 Å². The molecular weight excluding hydrogens is 737 g/mol. The minimum Gasteiger partial charge on any atom is -0.611 e. The fourth-order valence-electron chi connectivity index (χ4n) is 2.06. The Bertz CT molecular complexity index is 709. The number of nitrogens with zero attached hydrogens (tertiary/aromatic N) is 2. The highest BCUT2D eigenvalue weighted by molar-refractivity contribution is 8.16. The average Bonchev–Trinajstić information content (AvgIpc) is 3.00. The largest absolute Gasteiger partial charge is 0.611 e. The molecule has 0 fully saturated rings. The van der Waals surface area contributed by atoms with E-state index in [9.17, 15) is 14.1 Å². The second-order valence-electron chi connectivity index (χ2n) is 7.09. The van der Waals surface area contributed by atoms with Crippen molar-refractivity contribution in [3.63, 3.8) is 0 Å². The van der Waals surface area contributed by atoms with Crippen LogP contribution >= 0.6 is 94.1 Å². The lowest BCUT2D eigenvalue weighted by Gasteiger charge is -2.06. The van der Waals surface area contributed by atoms with Gasteiger partial charge < -0.3 is 35.0 Å². The molecule has 0 bridgehead atoms. The summed E-state index contributed by atoms with van der Waals surface area (Å²) in [6, 6.07) is 0. The summed E-state index contributed by atoms with van der Waals surface area (Å²) in [5.74, 6) is 7.52. The first-order valence-electron chi connectivity index (χ1n) is 12.8. The van der Waals surface area contributed by atoms with E-state index in [4.69, 9.17) is 24.7 Å². The van der Waals surface area contributed by atoms with Crippen molar-refractivity contribution < 1.29 is 38.9 Å². The molecule has 0 radical (unpaired) electrons. The van der Waals surface area contributed by atoms with E-state index in [-0.39, 0.29) is 18.5 Å². The molecule has 0 saturated heterocycles. The Morgan fingerprint density at radius 2 is 1.42 bits per heavy atom. The molecular formula is C22H42N4O8S9. The van der Waals surface area contributed by atoms with Crippen LogP contribution in [0.4, 0.5) is 9.59 Å². The Morgan fingerprint density at radius 1 is 0.767 bits per heavy atom. The van der Waals surface area contributed by atoms with Gasteiger partial charge in [-0.25, -0.2) is 14.8 Å². The highest BCUT2D eigenvalue weighted by Gasteiger charge is 2.05. The van der Waals surface area contributed by atoms with Crippen molar-refractivity contribution in [3.05, 3.63) is 0 Å². The lowest BCUT2D eigenvalue weighted by atomic mass is 10.8. The van der Waals surface area contributed by atoms with E-state index >= 15 is 0 Å². The molecule has 0 aliphatic rings. The third-order valence-electron chi connectivity index (χ3n) is 3.81. The lowest BCUT2D eigenvalue weighted by Crippen LogP contribution is -2.24. The number of ether oxygens (including phenoxy) is 1. The number of carbonyl (C=O) groups is 2. The smallest absolute Gasteiger partial charge is 0.407 e. The van der Waals surface area contributed by atoms with Gasteiger partial charge in [-0.15, -0.1) is 47.0 Å². The summed E-state index contributed by atoms with van der Waals surface area (Å²) in [5.41, 5.74) is 1.48. The van der Waals surface area contributed by atoms with Gasteiger partial charge in [0.25, 0.3) is 5.24 Å². The van der Waals surface area contributed by atoms with Crippen LogP contribution in [0.2, 0.25) is 0 Å². The lowest BCUT2D eigenvalue weighted by molar-refractivity contribution is -0.210. The van der Waals surface area contributed by atoms with Crippen LogP contribution in [0.3, 0.4) is 0 Å². The van der Waals surface area contributed by atoms with E-state index in [1.54, 1.807) is 58.8 Å². The number of hydrogen-bond acceptors (Lipinski definition) is 18. The second kappa shape index (κ2) is 37.3. The Balaban J connectivity index is 3.41. The van der Waals surface area contributed by atoms with Crippen LogP contribution in [0, 0.1) is 0 Å². The SMILES string of the molecule is O=C(NCSCSC/N=C\[S+]([O-])CCSCCSC(=O)NCSCSC/N=C\OOCCSCCO)OCCSCCO. The first kappa shape index (κ1) is 43.9. The van der Waals surface area contributed by atoms with Crippen LogP contribution in [-0.2, 0) is 25.7 Å². The molecule has 1 unspecified atom stereocenters. The summed E-state index contributed by atoms with van der Waals surface area (Å²) < 4.78 is 17.0. The molecule has 43 heavy (non-hydrogen) atoms. The minimum atomic E-state index is -1.11. The number of hydrogen-bond donors (Lipinski definition) is 4. The highest BCUT2D eigenvalue weighted by atomic mass is 32.2. The van der Waals surface area contributed by atoms with E-state index < -0.39 is 17.3 Å². The average molecular weight is 779 g/mol. The van der Waals surface area contributed by atoms with E-state index in [0.717, 1.165) is 27.4 Å². The van der Waals surface area contributed by atoms with Crippen molar-refractivity contribution in [2.24, 2.45) is 9.98 Å². The summed E-state index contributed by atoms with van der Waals surface area (Å²) >= 11 is 11.2. The molecule has 0 spiro atoms. The van der Waals surface area contributed by atoms with Crippen LogP contribution in [0.15, 0.2) is 9.98 Å². The summed E-state index contributed by atoms with van der Waals surface area (Å²) in [6.45, 7) is 1.03. The standard InChI is InChI=1S/C22H42N4O8S9/c27-1-5-35-7-3-32-21(29)25-16-40-20-39-15-24-18-43(31)12-11-37-9-10-42-22(30)26-17-41-19-38-14-23-13-34-33-4-8-36-6-2-28/h13,18,27-28H,1-12,14-17,19-20H2,(H,25,29)(H,26,30)/b23-13-,24-18-. The maximum Gasteiger partial charge on any atom is 0.407 e. The maximum atomic E-state index is 12.0. The zero-order chi connectivity index (χ0) is 31.5. The molecule has 21 heteroatoms. The minimum absolute atomic E-state index is 0.0506. The van der Waals surface area contributed by atoms with Crippen molar-refractivity contribution in [1.82, 2.24) is 10.6 Å². The summed E-state index contributed by atoms with van der Waals surface area (Å²) in [4.78, 5) is 41.3. The third-order valence-corrected chi connectivity index (χ3v) is 13.0. The van der Waals surface area contributed by atoms with Gasteiger partial charge in [-0.1, -0.05) is 11.8 Å². The van der Waals surface area contributed by atoms with Crippen molar-refractivity contribution in [2.45, 2.75) is 0 Å². The monoisotopic (exact) mass is 778 g/mol. The molecule has 4 N–H and O–H groups in total. The second-order valence-corrected chi connectivity index (χ2v) is 17.8. The molecule has 252 valence electrons. The van der Waals surface area contributed by atoms with Crippen molar-refractivity contribution >= 4 is 129 Å². The first-order valence-corrected chi connectivity index (χ1v) is 23.3. The van der Waals surface area contributed by atoms with Crippen LogP contribution in [-0.4, -0.2) is 144 Å². The number of amides is 2. The summed E-state index contributed by atoms with van der Waals surface area (Å²) in [5, 5.41) is 24.3. The van der Waals surface area contributed by atoms with Crippen LogP contribution in [0.25, 0.3) is 0 Å². The van der Waals surface area contributed by atoms with E-state index in [1.165, 1.54) is 47.2 Å². The molecule has 0 rings (SSSR count). The summed E-state index contributed by atoms with van der Waals surface area (Å²) in [7, 11) is 0. The fourth-order valence-corrected chi connectivity index (χ4v) is 9.15. The predicted octanol–water partition coefficient (Wildman–Crippen LogP) is 3.77. The summed E-state index contributed by atoms with van der Waals surface area (Å²) in [6.07, 6.45) is 0.821. The van der Waals surface area contributed by atoms with Crippen molar-refractivity contribution in [1.29, 1.82) is 0 Å². The number of aliphatic hydroxyl groups is 2. The van der Waals surface area contributed by atoms with Gasteiger partial charge in [-0.05, 0) is 11.2 Å². The molecule has 0 aliphatic heterocycles. The highest BCUT2D eigenvalue weighted by Crippen LogP contribution is 2.13. The van der Waals surface area contributed by atoms with Gasteiger partial charge in [0.15, 0.2) is 0 Å². The number of aliphatic imine (C=N–C) groups is 2. The van der Waals surface area contributed by atoms with Crippen molar-refractivity contribution in [2.75, 3.05) is 106 Å². The van der Waals surface area contributed by atoms with Crippen LogP contribution in [0.5, 0.6) is 0 Å². The topological polar surface area (TPSA) is 174 Å². The van der Waals surface area contributed by atoms with Crippen molar-refractivity contribution in [3.8, 4) is 0 Å². The first-order chi connectivity index (χ1) is 21.1. The van der Waals surface area contributed by atoms with Gasteiger partial charge in [0.05, 0.1) is 36.7 Å². The molecule has 0 heterocycles. The van der Waals surface area contributed by atoms with E-state index in [2.05, 4.69) is 20.6 Å². The molecule has 12 nitrogen and oxygen atoms in total. The van der Waals surface area contributed by atoms with Gasteiger partial charge in [-0.2, -0.15) is 40.2 Å². The van der Waals surface area contributed by atoms with E-state index in [0.29, 0.717) is 65.5 Å². The molecule has 0 aromatic rings. The molecule has 0 aliphatic carbocycles. The van der Waals surface area contributed by atoms with Gasteiger partial charge in [-0.3, -0.25) is 4.79 Å². The van der Waals surface area contributed by atoms with Crippen LogP contribution < -0.4 is 10.6 Å². The third kappa shape index (κ3) is 37.2. The van der Waals surface area contributed by atoms with Gasteiger partial charge in [0.1, 0.15) is 19.0 Å². The predicted molar refractivity (Wildman–Crippen MR) is 198 cm³/mol. The number of thioether (sulfide) groups is 8. The zero-order valence-corrected chi connectivity index (χ0v) is 31.1. The number of carbonyl (C=O) groups excluding carboxylic acids is 2. The molecule has 0 aromatic heterocycles. The zero-order valence-electron chi connectivity index (χ0n) is 23.8. The fraction of sp³-hybridized carbons (Fsp3) is 0.818.